The third kappa shape index (κ3) is 6.57. The summed E-state index contributed by atoms with van der Waals surface area (Å²) in [5.41, 5.74) is 2.42. The fraction of sp³-hybridized carbons (Fsp3) is 0.174. The van der Waals surface area contributed by atoms with Crippen molar-refractivity contribution in [3.05, 3.63) is 88.4 Å². The summed E-state index contributed by atoms with van der Waals surface area (Å²) >= 11 is 3.41. The third-order valence-electron chi connectivity index (χ3n) is 4.50. The highest BCUT2D eigenvalue weighted by Crippen LogP contribution is 2.20. The van der Waals surface area contributed by atoms with Gasteiger partial charge < -0.3 is 10.1 Å². The van der Waals surface area contributed by atoms with Crippen LogP contribution in [0.3, 0.4) is 0 Å². The molecule has 2 N–H and O–H groups in total. The number of benzene rings is 3. The molecule has 0 bridgehead atoms. The van der Waals surface area contributed by atoms with Crippen molar-refractivity contribution in [2.45, 2.75) is 24.8 Å². The van der Waals surface area contributed by atoms with E-state index in [1.807, 2.05) is 44.2 Å². The van der Waals surface area contributed by atoms with Crippen LogP contribution < -0.4 is 14.8 Å². The molecule has 3 aromatic carbocycles. The van der Waals surface area contributed by atoms with Crippen LogP contribution in [-0.2, 0) is 14.8 Å². The van der Waals surface area contributed by atoms with Crippen LogP contribution in [0.5, 0.6) is 5.75 Å². The summed E-state index contributed by atoms with van der Waals surface area (Å²) in [6.45, 7) is 3.60. The normalized spacial score (nSPS) is 12.1. The van der Waals surface area contributed by atoms with Gasteiger partial charge in [-0.2, -0.15) is 0 Å². The Balaban J connectivity index is 1.56. The summed E-state index contributed by atoms with van der Waals surface area (Å²) in [5.74, 6) is 0.130. The van der Waals surface area contributed by atoms with Crippen molar-refractivity contribution >= 4 is 37.5 Å². The topological polar surface area (TPSA) is 84.5 Å². The minimum Gasteiger partial charge on any atom is -0.484 e. The maximum Gasteiger partial charge on any atom is 0.261 e. The molecule has 0 aliphatic heterocycles. The predicted octanol–water partition coefficient (Wildman–Crippen LogP) is 4.81. The van der Waals surface area contributed by atoms with Gasteiger partial charge in [-0.25, -0.2) is 8.42 Å². The van der Waals surface area contributed by atoms with Crippen molar-refractivity contribution in [2.75, 3.05) is 11.3 Å². The smallest absolute Gasteiger partial charge is 0.261 e. The second kappa shape index (κ2) is 9.98. The summed E-state index contributed by atoms with van der Waals surface area (Å²) in [5, 5.41) is 2.87. The zero-order valence-electron chi connectivity index (χ0n) is 17.1. The number of rotatable bonds is 8. The van der Waals surface area contributed by atoms with E-state index in [1.165, 1.54) is 24.3 Å². The van der Waals surface area contributed by atoms with E-state index < -0.39 is 10.0 Å². The Morgan fingerprint density at radius 2 is 1.74 bits per heavy atom. The van der Waals surface area contributed by atoms with E-state index in [1.54, 1.807) is 18.2 Å². The number of amides is 1. The summed E-state index contributed by atoms with van der Waals surface area (Å²) in [6, 6.07) is 20.6. The summed E-state index contributed by atoms with van der Waals surface area (Å²) in [7, 11) is -3.72. The molecule has 0 aliphatic carbocycles. The molecule has 0 radical (unpaired) electrons. The molecule has 8 heteroatoms. The van der Waals surface area contributed by atoms with Crippen LogP contribution in [0.15, 0.2) is 82.2 Å². The molecule has 0 fully saturated rings. The molecule has 1 amide bonds. The largest absolute Gasteiger partial charge is 0.484 e. The number of sulfonamides is 1. The van der Waals surface area contributed by atoms with Crippen LogP contribution in [-0.4, -0.2) is 20.9 Å². The molecular formula is C23H23BrN2O4S. The number of ether oxygens (including phenoxy) is 1. The summed E-state index contributed by atoms with van der Waals surface area (Å²) in [4.78, 5) is 12.3. The quantitative estimate of drug-likeness (QED) is 0.462. The van der Waals surface area contributed by atoms with Gasteiger partial charge in [-0.1, -0.05) is 40.2 Å². The van der Waals surface area contributed by atoms with Crippen molar-refractivity contribution in [3.63, 3.8) is 0 Å². The van der Waals surface area contributed by atoms with Crippen molar-refractivity contribution in [3.8, 4) is 5.75 Å². The molecule has 6 nitrogen and oxygen atoms in total. The second-order valence-electron chi connectivity index (χ2n) is 7.08. The van der Waals surface area contributed by atoms with Gasteiger partial charge in [0, 0.05) is 10.2 Å². The van der Waals surface area contributed by atoms with Crippen LogP contribution in [0.25, 0.3) is 0 Å². The van der Waals surface area contributed by atoms with Crippen LogP contribution in [0, 0.1) is 6.92 Å². The monoisotopic (exact) mass is 502 g/mol. The Bertz CT molecular complexity index is 1160. The lowest BCUT2D eigenvalue weighted by atomic mass is 10.1. The molecule has 0 unspecified atom stereocenters. The third-order valence-corrected chi connectivity index (χ3v) is 6.39. The van der Waals surface area contributed by atoms with Crippen molar-refractivity contribution in [1.82, 2.24) is 5.32 Å². The molecule has 0 aliphatic rings. The highest BCUT2D eigenvalue weighted by molar-refractivity contribution is 9.10. The van der Waals surface area contributed by atoms with E-state index in [0.717, 1.165) is 15.6 Å². The lowest BCUT2D eigenvalue weighted by Crippen LogP contribution is -2.31. The zero-order valence-corrected chi connectivity index (χ0v) is 19.5. The minimum absolute atomic E-state index is 0.106. The summed E-state index contributed by atoms with van der Waals surface area (Å²) < 4.78 is 34.1. The molecule has 0 spiro atoms. The molecule has 3 rings (SSSR count). The van der Waals surface area contributed by atoms with Gasteiger partial charge in [0.2, 0.25) is 0 Å². The van der Waals surface area contributed by atoms with Gasteiger partial charge >= 0.3 is 0 Å². The number of hydrogen-bond acceptors (Lipinski definition) is 4. The van der Waals surface area contributed by atoms with Gasteiger partial charge in [-0.15, -0.1) is 0 Å². The Kier molecular flexibility index (Phi) is 7.35. The highest BCUT2D eigenvalue weighted by Gasteiger charge is 2.15. The molecule has 0 heterocycles. The van der Waals surface area contributed by atoms with E-state index >= 15 is 0 Å². The number of anilines is 1. The molecule has 3 aromatic rings. The lowest BCUT2D eigenvalue weighted by Gasteiger charge is -2.15. The average Bonchev–Trinajstić information content (AvgIpc) is 2.72. The molecule has 1 atom stereocenters. The first kappa shape index (κ1) is 22.8. The van der Waals surface area contributed by atoms with E-state index in [0.29, 0.717) is 11.4 Å². The van der Waals surface area contributed by atoms with Gasteiger partial charge in [-0.3, -0.25) is 9.52 Å². The average molecular weight is 503 g/mol. The molecular weight excluding hydrogens is 480 g/mol. The number of hydrogen-bond donors (Lipinski definition) is 2. The van der Waals surface area contributed by atoms with Gasteiger partial charge in [-0.05, 0) is 73.5 Å². The van der Waals surface area contributed by atoms with Crippen LogP contribution >= 0.6 is 15.9 Å². The first-order valence-electron chi connectivity index (χ1n) is 9.60. The van der Waals surface area contributed by atoms with E-state index in [2.05, 4.69) is 26.0 Å². The number of nitrogens with one attached hydrogen (secondary N) is 2. The Morgan fingerprint density at radius 3 is 2.42 bits per heavy atom. The van der Waals surface area contributed by atoms with Gasteiger partial charge in [0.05, 0.1) is 10.9 Å². The molecule has 162 valence electrons. The number of carbonyl (C=O) groups is 1. The second-order valence-corrected chi connectivity index (χ2v) is 9.68. The Morgan fingerprint density at radius 1 is 1.03 bits per heavy atom. The zero-order chi connectivity index (χ0) is 22.4. The lowest BCUT2D eigenvalue weighted by molar-refractivity contribution is -0.123. The number of aryl methyl sites for hydroxylation is 1. The fourth-order valence-electron chi connectivity index (χ4n) is 2.93. The minimum atomic E-state index is -3.72. The maximum atomic E-state index is 12.6. The first-order chi connectivity index (χ1) is 14.7. The standard InChI is InChI=1S/C23H23BrN2O4S/c1-16-5-3-8-20(13-16)26-31(28,29)22-11-9-21(10-12-22)30-15-23(27)25-17(2)18-6-4-7-19(24)14-18/h3-14,17,26H,15H2,1-2H3,(H,25,27)/t17-/m0/s1. The van der Waals surface area contributed by atoms with Crippen LogP contribution in [0.2, 0.25) is 0 Å². The molecule has 0 saturated heterocycles. The van der Waals surface area contributed by atoms with Gasteiger partial charge in [0.25, 0.3) is 15.9 Å². The number of halogens is 1. The van der Waals surface area contributed by atoms with Crippen LogP contribution in [0.4, 0.5) is 5.69 Å². The molecule has 0 aromatic heterocycles. The Labute approximate surface area is 190 Å². The first-order valence-corrected chi connectivity index (χ1v) is 11.9. The predicted molar refractivity (Wildman–Crippen MR) is 125 cm³/mol. The fourth-order valence-corrected chi connectivity index (χ4v) is 4.40. The van der Waals surface area contributed by atoms with Crippen molar-refractivity contribution in [1.29, 1.82) is 0 Å². The Hall–Kier alpha value is -2.84. The SMILES string of the molecule is Cc1cccc(NS(=O)(=O)c2ccc(OCC(=O)N[C@@H](C)c3cccc(Br)c3)cc2)c1. The molecule has 31 heavy (non-hydrogen) atoms. The number of carbonyl (C=O) groups excluding carboxylic acids is 1. The van der Waals surface area contributed by atoms with Crippen LogP contribution in [0.1, 0.15) is 24.1 Å². The highest BCUT2D eigenvalue weighted by atomic mass is 79.9. The van der Waals surface area contributed by atoms with E-state index in [9.17, 15) is 13.2 Å². The van der Waals surface area contributed by atoms with Gasteiger partial charge in [0.1, 0.15) is 5.75 Å². The van der Waals surface area contributed by atoms with Crippen molar-refractivity contribution in [2.24, 2.45) is 0 Å². The summed E-state index contributed by atoms with van der Waals surface area (Å²) in [6.07, 6.45) is 0. The maximum absolute atomic E-state index is 12.6. The van der Waals surface area contributed by atoms with E-state index in [-0.39, 0.29) is 23.5 Å². The van der Waals surface area contributed by atoms with E-state index in [4.69, 9.17) is 4.74 Å². The molecule has 0 saturated carbocycles. The van der Waals surface area contributed by atoms with Gasteiger partial charge in [0.15, 0.2) is 6.61 Å². The van der Waals surface area contributed by atoms with Crippen molar-refractivity contribution < 1.29 is 17.9 Å².